The van der Waals surface area contributed by atoms with Crippen LogP contribution >= 0.6 is 11.8 Å². The van der Waals surface area contributed by atoms with Crippen molar-refractivity contribution in [1.82, 2.24) is 36.3 Å². The van der Waals surface area contributed by atoms with Crippen molar-refractivity contribution in [2.75, 3.05) is 164 Å². The highest BCUT2D eigenvalue weighted by Gasteiger charge is 2.42. The van der Waals surface area contributed by atoms with Gasteiger partial charge in [0.1, 0.15) is 5.69 Å². The van der Waals surface area contributed by atoms with E-state index in [0.29, 0.717) is 189 Å². The quantitative estimate of drug-likeness (QED) is 0.0399. The molecule has 2 fully saturated rings. The summed E-state index contributed by atoms with van der Waals surface area (Å²) in [5.74, 6) is 0.842. The Kier molecular flexibility index (Phi) is 33.3. The van der Waals surface area contributed by atoms with Gasteiger partial charge in [0.25, 0.3) is 0 Å². The fourth-order valence-electron chi connectivity index (χ4n) is 6.02. The molecule has 2 saturated heterocycles. The van der Waals surface area contributed by atoms with E-state index in [4.69, 9.17) is 57.8 Å². The number of nitrogens with one attached hydrogen (secondary N) is 4. The van der Waals surface area contributed by atoms with E-state index in [1.54, 1.807) is 10.9 Å². The molecule has 0 aromatic carbocycles. The second-order valence-corrected chi connectivity index (χ2v) is 15.5. The second kappa shape index (κ2) is 38.5. The number of nitrogens with zero attached hydrogens (tertiary/aromatic N) is 3. The molecule has 6 N–H and O–H groups in total. The first-order valence-corrected chi connectivity index (χ1v) is 23.3. The zero-order valence-corrected chi connectivity index (χ0v) is 37.8. The molecule has 63 heavy (non-hydrogen) atoms. The lowest BCUT2D eigenvalue weighted by molar-refractivity contribution is -0.123. The number of urea groups is 1. The zero-order chi connectivity index (χ0) is 44.7. The van der Waals surface area contributed by atoms with E-state index in [0.717, 1.165) is 25.0 Å². The molecule has 23 heteroatoms. The highest BCUT2D eigenvalue weighted by molar-refractivity contribution is 8.00. The van der Waals surface area contributed by atoms with E-state index in [2.05, 4.69) is 31.6 Å². The number of rotatable bonds is 45. The third kappa shape index (κ3) is 29.4. The van der Waals surface area contributed by atoms with Gasteiger partial charge in [-0.3, -0.25) is 9.59 Å². The third-order valence-electron chi connectivity index (χ3n) is 9.25. The minimum atomic E-state index is -0.0975. The van der Waals surface area contributed by atoms with E-state index < -0.39 is 0 Å². The number of hydrogen-bond acceptors (Lipinski definition) is 18. The molecule has 4 amide bonds. The van der Waals surface area contributed by atoms with Crippen LogP contribution in [-0.4, -0.2) is 214 Å². The highest BCUT2D eigenvalue weighted by Crippen LogP contribution is 2.33. The lowest BCUT2D eigenvalue weighted by atomic mass is 10.0. The number of nitrogens with two attached hydrogens (primary N) is 1. The van der Waals surface area contributed by atoms with Gasteiger partial charge in [0, 0.05) is 36.9 Å². The fraction of sp³-hybridized carbons (Fsp3) is 0.875. The van der Waals surface area contributed by atoms with Crippen molar-refractivity contribution in [3.05, 3.63) is 11.9 Å². The number of carbonyl (C=O) groups is 3. The number of unbranched alkanes of at least 4 members (excludes halogenated alkanes) is 1. The second-order valence-electron chi connectivity index (χ2n) is 14.2. The van der Waals surface area contributed by atoms with Gasteiger partial charge in [-0.05, 0) is 12.8 Å². The Morgan fingerprint density at radius 1 is 0.635 bits per heavy atom. The SMILES string of the molecule is NCCOCCOCCOCCOCCOCCNC(=O)CCOCCOCCOCCOCCOCCOCCn1cc(CNC(=O)CCCC[C@@H]2SC[C@H]3NC(=O)N[C@@H]23)nn1. The van der Waals surface area contributed by atoms with Crippen LogP contribution < -0.4 is 27.0 Å². The summed E-state index contributed by atoms with van der Waals surface area (Å²) in [5, 5.41) is 20.3. The first kappa shape index (κ1) is 54.6. The van der Waals surface area contributed by atoms with Crippen molar-refractivity contribution in [1.29, 1.82) is 0 Å². The number of thioether (sulfide) groups is 1. The Labute approximate surface area is 375 Å². The van der Waals surface area contributed by atoms with Crippen molar-refractivity contribution in [2.24, 2.45) is 5.73 Å². The molecule has 1 aromatic heterocycles. The maximum Gasteiger partial charge on any atom is 0.315 e. The number of amides is 4. The van der Waals surface area contributed by atoms with Crippen molar-refractivity contribution < 1.29 is 66.5 Å². The minimum absolute atomic E-state index is 0.00508. The first-order chi connectivity index (χ1) is 31.0. The molecule has 364 valence electrons. The minimum Gasteiger partial charge on any atom is -0.379 e. The van der Waals surface area contributed by atoms with Crippen LogP contribution in [0.5, 0.6) is 0 Å². The van der Waals surface area contributed by atoms with Crippen LogP contribution in [0.2, 0.25) is 0 Å². The van der Waals surface area contributed by atoms with Crippen LogP contribution in [0.4, 0.5) is 4.79 Å². The van der Waals surface area contributed by atoms with E-state index in [9.17, 15) is 14.4 Å². The van der Waals surface area contributed by atoms with Gasteiger partial charge in [0.2, 0.25) is 11.8 Å². The molecule has 1 aromatic rings. The van der Waals surface area contributed by atoms with E-state index in [1.165, 1.54) is 0 Å². The van der Waals surface area contributed by atoms with E-state index in [-0.39, 0.29) is 36.3 Å². The summed E-state index contributed by atoms with van der Waals surface area (Å²) in [7, 11) is 0. The lowest BCUT2D eigenvalue weighted by Gasteiger charge is -2.16. The molecule has 0 radical (unpaired) electrons. The Morgan fingerprint density at radius 3 is 1.68 bits per heavy atom. The number of carbonyl (C=O) groups excluding carboxylic acids is 3. The number of aromatic nitrogens is 3. The molecule has 0 saturated carbocycles. The molecular weight excluding hydrogens is 849 g/mol. The Morgan fingerprint density at radius 2 is 1.13 bits per heavy atom. The molecule has 0 bridgehead atoms. The Balaban J connectivity index is 0.941. The van der Waals surface area contributed by atoms with Crippen molar-refractivity contribution >= 4 is 29.6 Å². The predicted molar refractivity (Wildman–Crippen MR) is 232 cm³/mol. The molecule has 0 unspecified atom stereocenters. The first-order valence-electron chi connectivity index (χ1n) is 22.2. The Bertz CT molecular complexity index is 1290. The van der Waals surface area contributed by atoms with Gasteiger partial charge in [-0.15, -0.1) is 5.10 Å². The maximum atomic E-state index is 12.3. The largest absolute Gasteiger partial charge is 0.379 e. The monoisotopic (exact) mass is 923 g/mol. The van der Waals surface area contributed by atoms with Crippen molar-refractivity contribution in [3.63, 3.8) is 0 Å². The fourth-order valence-corrected chi connectivity index (χ4v) is 7.56. The average molecular weight is 923 g/mol. The van der Waals surface area contributed by atoms with Gasteiger partial charge < -0.3 is 79.1 Å². The number of fused-ring (bicyclic) bond motifs is 1. The summed E-state index contributed by atoms with van der Waals surface area (Å²) in [4.78, 5) is 35.7. The van der Waals surface area contributed by atoms with E-state index >= 15 is 0 Å². The zero-order valence-electron chi connectivity index (χ0n) is 37.0. The summed E-state index contributed by atoms with van der Waals surface area (Å²) >= 11 is 1.89. The molecule has 22 nitrogen and oxygen atoms in total. The number of ether oxygens (including phenoxy) is 11. The molecule has 3 atom stereocenters. The van der Waals surface area contributed by atoms with Gasteiger partial charge in [-0.1, -0.05) is 11.6 Å². The van der Waals surface area contributed by atoms with E-state index in [1.807, 2.05) is 11.8 Å². The molecule has 0 aliphatic carbocycles. The number of hydrogen-bond donors (Lipinski definition) is 5. The van der Waals surface area contributed by atoms with Crippen LogP contribution in [0.25, 0.3) is 0 Å². The van der Waals surface area contributed by atoms with Crippen LogP contribution in [0.3, 0.4) is 0 Å². The summed E-state index contributed by atoms with van der Waals surface area (Å²) in [6.07, 6.45) is 5.28. The lowest BCUT2D eigenvalue weighted by Crippen LogP contribution is -2.36. The normalized spacial score (nSPS) is 16.9. The maximum absolute atomic E-state index is 12.3. The molecule has 3 rings (SSSR count). The van der Waals surface area contributed by atoms with Gasteiger partial charge in [0.05, 0.1) is 177 Å². The Hall–Kier alpha value is -2.78. The predicted octanol–water partition coefficient (Wildman–Crippen LogP) is -0.732. The molecule has 2 aliphatic heterocycles. The van der Waals surface area contributed by atoms with Crippen molar-refractivity contribution in [2.45, 2.75) is 62.5 Å². The highest BCUT2D eigenvalue weighted by atomic mass is 32.2. The summed E-state index contributed by atoms with van der Waals surface area (Å²) in [6.45, 7) is 11.9. The molecule has 0 spiro atoms. The van der Waals surface area contributed by atoms with Gasteiger partial charge >= 0.3 is 6.03 Å². The molecular formula is C40H74N8O14S. The standard InChI is InChI=1S/C40H74N8O14S/c41-6-10-53-14-18-57-22-26-61-27-23-58-19-15-54-11-7-42-38(50)5-9-52-13-17-56-21-25-60-29-30-62-28-24-59-20-16-55-12-8-48-32-34(46-47-48)31-43-37(49)4-2-1-3-36-39-35(33-63-36)44-40(51)45-39/h32,35-36,39H,1-31,33,41H2,(H,42,50)(H,43,49)(H2,44,45,51)/t35-,36+,39-/m1/s1. The van der Waals surface area contributed by atoms with Crippen LogP contribution in [-0.2, 0) is 74.8 Å². The van der Waals surface area contributed by atoms with Gasteiger partial charge in [-0.25, -0.2) is 9.48 Å². The smallest absolute Gasteiger partial charge is 0.315 e. The van der Waals surface area contributed by atoms with Crippen LogP contribution in [0.15, 0.2) is 6.20 Å². The van der Waals surface area contributed by atoms with Gasteiger partial charge in [0.15, 0.2) is 0 Å². The topological polar surface area (TPSA) is 258 Å². The van der Waals surface area contributed by atoms with Gasteiger partial charge in [-0.2, -0.15) is 11.8 Å². The summed E-state index contributed by atoms with van der Waals surface area (Å²) < 4.78 is 61.7. The summed E-state index contributed by atoms with van der Waals surface area (Å²) in [6, 6.07) is 0.358. The molecule has 3 heterocycles. The molecule has 2 aliphatic rings. The van der Waals surface area contributed by atoms with Crippen LogP contribution in [0, 0.1) is 0 Å². The summed E-state index contributed by atoms with van der Waals surface area (Å²) in [5.41, 5.74) is 6.03. The van der Waals surface area contributed by atoms with Crippen LogP contribution in [0.1, 0.15) is 37.8 Å². The third-order valence-corrected chi connectivity index (χ3v) is 10.8. The average Bonchev–Trinajstić information content (AvgIpc) is 4.01. The van der Waals surface area contributed by atoms with Crippen molar-refractivity contribution in [3.8, 4) is 0 Å².